The molecular weight excluding hydrogens is 1170 g/mol. The Bertz CT molecular complexity index is 5340. The van der Waals surface area contributed by atoms with Gasteiger partial charge in [0.15, 0.2) is 0 Å². The highest BCUT2D eigenvalue weighted by atomic mass is 15.2. The van der Waals surface area contributed by atoms with Crippen LogP contribution in [0.15, 0.2) is 291 Å². The number of benzene rings is 13. The zero-order valence-corrected chi connectivity index (χ0v) is 56.6. The van der Waals surface area contributed by atoms with Gasteiger partial charge >= 0.3 is 0 Å². The first-order valence-electron chi connectivity index (χ1n) is 36.2. The van der Waals surface area contributed by atoms with Gasteiger partial charge in [0.05, 0.1) is 33.4 Å². The first-order chi connectivity index (χ1) is 48.6. The van der Waals surface area contributed by atoms with E-state index < -0.39 is 29.0 Å². The maximum Gasteiger partial charge on any atom is 0.252 e. The molecule has 0 saturated carbocycles. The smallest absolute Gasteiger partial charge is 0.252 e. The van der Waals surface area contributed by atoms with Gasteiger partial charge < -0.3 is 18.9 Å². The molecule has 17 rings (SSSR count). The van der Waals surface area contributed by atoms with Crippen molar-refractivity contribution in [3.05, 3.63) is 308 Å². The minimum atomic E-state index is -1.79. The fraction of sp³-hybridized carbons (Fsp3) is 0.152. The standard InChI is InChI=1S/C92H79BN4/c1-90(2,3)58-64-50-75(62-34-18-12-19-35-62)83(56-73(64)60-30-14-10-15-31-60)96-85-54-67(94-79-42-26-22-38-69(79)70-39-23-27-43-80(70)94)46-48-77(85)93-78-49-47-68(95-81-44-28-24-40-71(81)72-41-25-29-45-82(72)95)55-86(78)97(88-53-66(92(7,8)9)52-87(96)89(88)93)84-57-74(61-32-16-11-17-33-61)65(59-91(4,5)6)51-76(84)63-36-20-13-21-37-63/h10-57H,58-59H2,1-9H3/i58D2,59D2. The Morgan fingerprint density at radius 2 is 0.608 bits per heavy atom. The quantitative estimate of drug-likeness (QED) is 0.127. The molecule has 2 aromatic heterocycles. The van der Waals surface area contributed by atoms with Gasteiger partial charge in [-0.05, 0) is 180 Å². The number of rotatable bonds is 10. The summed E-state index contributed by atoms with van der Waals surface area (Å²) in [5, 5.41) is 4.72. The summed E-state index contributed by atoms with van der Waals surface area (Å²) in [5.41, 5.74) is 23.3. The van der Waals surface area contributed by atoms with Crippen molar-refractivity contribution < 1.29 is 5.48 Å². The molecule has 0 amide bonds. The third-order valence-electron chi connectivity index (χ3n) is 19.7. The molecule has 0 fully saturated rings. The van der Waals surface area contributed by atoms with Crippen LogP contribution in [0.25, 0.3) is 99.5 Å². The summed E-state index contributed by atoms with van der Waals surface area (Å²) in [4.78, 5) is 5.10. The number of aromatic nitrogens is 2. The van der Waals surface area contributed by atoms with Crippen LogP contribution in [0.4, 0.5) is 34.1 Å². The van der Waals surface area contributed by atoms with Crippen molar-refractivity contribution in [1.82, 2.24) is 9.13 Å². The lowest BCUT2D eigenvalue weighted by Crippen LogP contribution is -2.61. The highest BCUT2D eigenvalue weighted by Gasteiger charge is 2.46. The molecule has 0 radical (unpaired) electrons. The second-order valence-corrected chi connectivity index (χ2v) is 29.6. The third kappa shape index (κ3) is 10.3. The Morgan fingerprint density at radius 3 is 0.928 bits per heavy atom. The summed E-state index contributed by atoms with van der Waals surface area (Å²) < 4.78 is 46.1. The Morgan fingerprint density at radius 1 is 0.299 bits per heavy atom. The van der Waals surface area contributed by atoms with E-state index >= 15 is 0 Å². The molecular formula is C92H79BN4. The van der Waals surface area contributed by atoms with Crippen LogP contribution in [0.3, 0.4) is 0 Å². The molecule has 15 aromatic rings. The van der Waals surface area contributed by atoms with E-state index in [-0.39, 0.29) is 6.71 Å². The van der Waals surface area contributed by atoms with E-state index in [0.29, 0.717) is 11.1 Å². The summed E-state index contributed by atoms with van der Waals surface area (Å²) in [7, 11) is 0. The monoisotopic (exact) mass is 1250 g/mol. The minimum absolute atomic E-state index is 0.336. The van der Waals surface area contributed by atoms with Crippen molar-refractivity contribution in [3.8, 4) is 55.9 Å². The molecule has 0 bridgehead atoms. The summed E-state index contributed by atoms with van der Waals surface area (Å²) in [6.45, 7) is 18.7. The number of hydrogen-bond acceptors (Lipinski definition) is 2. The molecule has 0 spiro atoms. The van der Waals surface area contributed by atoms with Crippen molar-refractivity contribution in [1.29, 1.82) is 0 Å². The van der Waals surface area contributed by atoms with Crippen LogP contribution in [-0.2, 0) is 18.2 Å². The van der Waals surface area contributed by atoms with Crippen LogP contribution >= 0.6 is 0 Å². The predicted molar refractivity (Wildman–Crippen MR) is 416 cm³/mol. The maximum atomic E-state index is 10.3. The Labute approximate surface area is 577 Å². The molecule has 4 nitrogen and oxygen atoms in total. The van der Waals surface area contributed by atoms with Crippen molar-refractivity contribution in [2.45, 2.75) is 80.5 Å². The van der Waals surface area contributed by atoms with E-state index in [1.165, 1.54) is 21.5 Å². The molecule has 97 heavy (non-hydrogen) atoms. The van der Waals surface area contributed by atoms with E-state index in [9.17, 15) is 5.48 Å². The van der Waals surface area contributed by atoms with Crippen LogP contribution in [0.1, 0.15) is 84.5 Å². The lowest BCUT2D eigenvalue weighted by atomic mass is 9.33. The molecule has 2 aliphatic rings. The van der Waals surface area contributed by atoms with Crippen molar-refractivity contribution in [2.24, 2.45) is 10.8 Å². The molecule has 4 heterocycles. The van der Waals surface area contributed by atoms with Gasteiger partial charge in [-0.1, -0.05) is 269 Å². The lowest BCUT2D eigenvalue weighted by molar-refractivity contribution is 0.411. The summed E-state index contributed by atoms with van der Waals surface area (Å²) in [6, 6.07) is 105. The second kappa shape index (κ2) is 22.9. The van der Waals surface area contributed by atoms with Crippen molar-refractivity contribution >= 4 is 101 Å². The molecule has 470 valence electrons. The average Bonchev–Trinajstić information content (AvgIpc) is 1.03. The third-order valence-corrected chi connectivity index (χ3v) is 19.7. The van der Waals surface area contributed by atoms with Crippen LogP contribution in [0, 0.1) is 10.8 Å². The number of hydrogen-bond donors (Lipinski definition) is 0. The zero-order chi connectivity index (χ0) is 69.6. The van der Waals surface area contributed by atoms with Gasteiger partial charge in [-0.15, -0.1) is 0 Å². The van der Waals surface area contributed by atoms with E-state index in [2.05, 4.69) is 319 Å². The van der Waals surface area contributed by atoms with Gasteiger partial charge in [0, 0.05) is 72.3 Å². The zero-order valence-electron chi connectivity index (χ0n) is 60.6. The molecule has 0 N–H and O–H groups in total. The van der Waals surface area contributed by atoms with Crippen LogP contribution in [0.5, 0.6) is 0 Å². The molecule has 0 atom stereocenters. The summed E-state index contributed by atoms with van der Waals surface area (Å²) in [5.74, 6) is 0. The lowest BCUT2D eigenvalue weighted by Gasteiger charge is -2.46. The highest BCUT2D eigenvalue weighted by Crippen LogP contribution is 2.53. The van der Waals surface area contributed by atoms with E-state index in [4.69, 9.17) is 0 Å². The SMILES string of the molecule is [2H]C([2H])(c1cc(-c2ccccc2)c(N2c3cc(-n4c5ccccc5c5ccccc54)ccc3B3c4ccc(-n5c6ccccc6c6ccccc65)cc4N(c4cc(-c5ccccc5)c(C([2H])([2H])C(C)(C)C)cc4-c4ccccc4)c4cc(C(C)(C)C)cc2c43)cc1-c1ccccc1)C(C)(C)C. The van der Waals surface area contributed by atoms with Crippen LogP contribution < -0.4 is 26.2 Å². The molecule has 13 aromatic carbocycles. The van der Waals surface area contributed by atoms with Gasteiger partial charge in [0.1, 0.15) is 0 Å². The summed E-state index contributed by atoms with van der Waals surface area (Å²) >= 11 is 0. The van der Waals surface area contributed by atoms with Gasteiger partial charge in [-0.25, -0.2) is 0 Å². The van der Waals surface area contributed by atoms with Gasteiger partial charge in [-0.2, -0.15) is 0 Å². The molecule has 0 saturated heterocycles. The van der Waals surface area contributed by atoms with Gasteiger partial charge in [0.2, 0.25) is 0 Å². The fourth-order valence-electron chi connectivity index (χ4n) is 15.6. The molecule has 0 aliphatic carbocycles. The molecule has 2 aliphatic heterocycles. The Hall–Kier alpha value is -10.9. The van der Waals surface area contributed by atoms with Crippen molar-refractivity contribution in [2.75, 3.05) is 9.80 Å². The maximum absolute atomic E-state index is 10.3. The molecule has 0 unspecified atom stereocenters. The van der Waals surface area contributed by atoms with Crippen LogP contribution in [0.2, 0.25) is 0 Å². The minimum Gasteiger partial charge on any atom is -0.311 e. The highest BCUT2D eigenvalue weighted by molar-refractivity contribution is 7.00. The van der Waals surface area contributed by atoms with Gasteiger partial charge in [0.25, 0.3) is 6.71 Å². The second-order valence-electron chi connectivity index (χ2n) is 29.6. The number of para-hydroxylation sites is 4. The first kappa shape index (κ1) is 55.4. The first-order valence-corrected chi connectivity index (χ1v) is 34.2. The largest absolute Gasteiger partial charge is 0.311 e. The average molecular weight is 1260 g/mol. The number of nitrogens with zero attached hydrogens (tertiary/aromatic N) is 4. The summed E-state index contributed by atoms with van der Waals surface area (Å²) in [6.07, 6.45) is -3.58. The fourth-order valence-corrected chi connectivity index (χ4v) is 15.6. The van der Waals surface area contributed by atoms with Gasteiger partial charge in [-0.3, -0.25) is 0 Å². The topological polar surface area (TPSA) is 16.3 Å². The Kier molecular flexibility index (Phi) is 13.1. The number of fused-ring (bicyclic) bond motifs is 10. The van der Waals surface area contributed by atoms with E-state index in [0.717, 1.165) is 134 Å². The van der Waals surface area contributed by atoms with E-state index in [1.807, 2.05) is 53.7 Å². The normalized spacial score (nSPS) is 13.9. The van der Waals surface area contributed by atoms with Crippen molar-refractivity contribution in [3.63, 3.8) is 0 Å². The van der Waals surface area contributed by atoms with E-state index in [1.54, 1.807) is 0 Å². The number of anilines is 6. The Balaban J connectivity index is 1.06. The predicted octanol–water partition coefficient (Wildman–Crippen LogP) is 23.1. The van der Waals surface area contributed by atoms with Crippen LogP contribution in [-0.4, -0.2) is 15.8 Å². The molecule has 5 heteroatoms.